The minimum absolute atomic E-state index is 0.0437. The Balaban J connectivity index is 2.03. The van der Waals surface area contributed by atoms with Crippen molar-refractivity contribution in [3.63, 3.8) is 0 Å². The third kappa shape index (κ3) is 3.86. The number of halogens is 1. The summed E-state index contributed by atoms with van der Waals surface area (Å²) in [6.07, 6.45) is 4.81. The average molecular weight is 361 g/mol. The second-order valence-electron chi connectivity index (χ2n) is 5.09. The fraction of sp³-hybridized carbons (Fsp3) is 0.538. The predicted molar refractivity (Wildman–Crippen MR) is 80.0 cm³/mol. The van der Waals surface area contributed by atoms with Crippen LogP contribution in [0.1, 0.15) is 29.8 Å². The highest BCUT2D eigenvalue weighted by atomic mass is 79.9. The SMILES string of the molecule is CS(=O)(=O)N1CCCC(CC(=O)c2ncccc2Br)C1. The molecule has 110 valence electrons. The smallest absolute Gasteiger partial charge is 0.211 e. The van der Waals surface area contributed by atoms with Crippen molar-refractivity contribution < 1.29 is 13.2 Å². The summed E-state index contributed by atoms with van der Waals surface area (Å²) in [4.78, 5) is 16.3. The van der Waals surface area contributed by atoms with Crippen LogP contribution in [0, 0.1) is 5.92 Å². The number of sulfonamides is 1. The molecule has 1 aliphatic heterocycles. The average Bonchev–Trinajstić information content (AvgIpc) is 2.38. The lowest BCUT2D eigenvalue weighted by Gasteiger charge is -2.30. The molecular weight excluding hydrogens is 344 g/mol. The fourth-order valence-corrected chi connectivity index (χ4v) is 3.86. The van der Waals surface area contributed by atoms with Crippen molar-refractivity contribution in [2.75, 3.05) is 19.3 Å². The largest absolute Gasteiger partial charge is 0.292 e. The van der Waals surface area contributed by atoms with Crippen LogP contribution in [0.4, 0.5) is 0 Å². The van der Waals surface area contributed by atoms with Crippen LogP contribution in [-0.2, 0) is 10.0 Å². The normalized spacial score (nSPS) is 20.8. The van der Waals surface area contributed by atoms with Gasteiger partial charge in [-0.3, -0.25) is 9.78 Å². The molecule has 1 aromatic rings. The molecule has 0 aromatic carbocycles. The molecule has 1 aromatic heterocycles. The van der Waals surface area contributed by atoms with Crippen LogP contribution >= 0.6 is 15.9 Å². The Morgan fingerprint density at radius 2 is 2.30 bits per heavy atom. The maximum Gasteiger partial charge on any atom is 0.211 e. The maximum atomic E-state index is 12.2. The lowest BCUT2D eigenvalue weighted by molar-refractivity contribution is 0.0936. The van der Waals surface area contributed by atoms with E-state index in [1.165, 1.54) is 10.6 Å². The van der Waals surface area contributed by atoms with Gasteiger partial charge in [-0.05, 0) is 46.8 Å². The van der Waals surface area contributed by atoms with Crippen LogP contribution in [-0.4, -0.2) is 42.8 Å². The summed E-state index contributed by atoms with van der Waals surface area (Å²) in [5.74, 6) is 0.0257. The van der Waals surface area contributed by atoms with E-state index in [0.717, 1.165) is 12.8 Å². The number of Topliss-reactive ketones (excluding diaryl/α,β-unsaturated/α-hetero) is 1. The molecule has 20 heavy (non-hydrogen) atoms. The van der Waals surface area contributed by atoms with E-state index in [0.29, 0.717) is 29.7 Å². The predicted octanol–water partition coefficient (Wildman–Crippen LogP) is 2.09. The molecule has 1 atom stereocenters. The van der Waals surface area contributed by atoms with E-state index >= 15 is 0 Å². The van der Waals surface area contributed by atoms with Crippen molar-refractivity contribution in [3.05, 3.63) is 28.5 Å². The van der Waals surface area contributed by atoms with Gasteiger partial charge < -0.3 is 0 Å². The summed E-state index contributed by atoms with van der Waals surface area (Å²) in [7, 11) is -3.17. The molecule has 0 radical (unpaired) electrons. The second-order valence-corrected chi connectivity index (χ2v) is 7.93. The van der Waals surface area contributed by atoms with Gasteiger partial charge in [-0.2, -0.15) is 0 Å². The molecule has 1 saturated heterocycles. The lowest BCUT2D eigenvalue weighted by atomic mass is 9.93. The van der Waals surface area contributed by atoms with Crippen LogP contribution in [0.25, 0.3) is 0 Å². The first-order chi connectivity index (χ1) is 9.38. The van der Waals surface area contributed by atoms with Crippen LogP contribution in [0.2, 0.25) is 0 Å². The van der Waals surface area contributed by atoms with E-state index in [4.69, 9.17) is 0 Å². The van der Waals surface area contributed by atoms with Crippen LogP contribution in [0.3, 0.4) is 0 Å². The summed E-state index contributed by atoms with van der Waals surface area (Å²) >= 11 is 3.32. The van der Waals surface area contributed by atoms with Gasteiger partial charge in [-0.25, -0.2) is 12.7 Å². The Bertz CT molecular complexity index is 603. The summed E-state index contributed by atoms with van der Waals surface area (Å²) in [5.41, 5.74) is 0.420. The standard InChI is InChI=1S/C13H17BrN2O3S/c1-20(18,19)16-7-3-4-10(9-16)8-12(17)13-11(14)5-2-6-15-13/h2,5-6,10H,3-4,7-9H2,1H3. The van der Waals surface area contributed by atoms with Crippen molar-refractivity contribution >= 4 is 31.7 Å². The van der Waals surface area contributed by atoms with Gasteiger partial charge in [-0.15, -0.1) is 0 Å². The Hall–Kier alpha value is -0.790. The number of pyridine rings is 1. The maximum absolute atomic E-state index is 12.2. The number of nitrogens with zero attached hydrogens (tertiary/aromatic N) is 2. The minimum atomic E-state index is -3.17. The van der Waals surface area contributed by atoms with Gasteiger partial charge in [-0.1, -0.05) is 0 Å². The summed E-state index contributed by atoms with van der Waals surface area (Å²) in [6.45, 7) is 0.978. The molecule has 5 nitrogen and oxygen atoms in total. The van der Waals surface area contributed by atoms with Gasteiger partial charge in [0.15, 0.2) is 5.78 Å². The van der Waals surface area contributed by atoms with Crippen molar-refractivity contribution in [2.24, 2.45) is 5.92 Å². The summed E-state index contributed by atoms with van der Waals surface area (Å²) < 4.78 is 25.3. The first kappa shape index (κ1) is 15.6. The van der Waals surface area contributed by atoms with Crippen molar-refractivity contribution in [1.29, 1.82) is 0 Å². The summed E-state index contributed by atoms with van der Waals surface area (Å²) in [6, 6.07) is 3.54. The van der Waals surface area contributed by atoms with Crippen LogP contribution in [0.5, 0.6) is 0 Å². The van der Waals surface area contributed by atoms with Gasteiger partial charge >= 0.3 is 0 Å². The molecule has 1 unspecified atom stereocenters. The molecule has 7 heteroatoms. The molecule has 0 spiro atoms. The highest BCUT2D eigenvalue weighted by molar-refractivity contribution is 9.10. The molecule has 0 saturated carbocycles. The number of piperidine rings is 1. The van der Waals surface area contributed by atoms with Crippen molar-refractivity contribution in [3.8, 4) is 0 Å². The molecule has 1 fully saturated rings. The Morgan fingerprint density at radius 3 is 2.95 bits per heavy atom. The quantitative estimate of drug-likeness (QED) is 0.771. The number of carbonyl (C=O) groups excluding carboxylic acids is 1. The molecule has 0 aliphatic carbocycles. The molecule has 0 amide bonds. The molecule has 2 rings (SSSR count). The van der Waals surface area contributed by atoms with E-state index in [9.17, 15) is 13.2 Å². The van der Waals surface area contributed by atoms with Crippen LogP contribution < -0.4 is 0 Å². The summed E-state index contributed by atoms with van der Waals surface area (Å²) in [5, 5.41) is 0. The van der Waals surface area contributed by atoms with E-state index in [-0.39, 0.29) is 11.7 Å². The van der Waals surface area contributed by atoms with Gasteiger partial charge in [0.05, 0.1) is 6.26 Å². The Labute approximate surface area is 127 Å². The Morgan fingerprint density at radius 1 is 1.55 bits per heavy atom. The number of hydrogen-bond acceptors (Lipinski definition) is 4. The monoisotopic (exact) mass is 360 g/mol. The van der Waals surface area contributed by atoms with Crippen molar-refractivity contribution in [1.82, 2.24) is 9.29 Å². The number of carbonyl (C=O) groups is 1. The second kappa shape index (κ2) is 6.32. The van der Waals surface area contributed by atoms with E-state index < -0.39 is 10.0 Å². The van der Waals surface area contributed by atoms with E-state index in [1.807, 2.05) is 0 Å². The van der Waals surface area contributed by atoms with E-state index in [1.54, 1.807) is 18.3 Å². The number of hydrogen-bond donors (Lipinski definition) is 0. The van der Waals surface area contributed by atoms with Gasteiger partial charge in [0, 0.05) is 30.2 Å². The van der Waals surface area contributed by atoms with Crippen LogP contribution in [0.15, 0.2) is 22.8 Å². The molecule has 1 aliphatic rings. The highest BCUT2D eigenvalue weighted by Gasteiger charge is 2.28. The van der Waals surface area contributed by atoms with Gasteiger partial charge in [0.2, 0.25) is 10.0 Å². The van der Waals surface area contributed by atoms with Gasteiger partial charge in [0.25, 0.3) is 0 Å². The zero-order chi connectivity index (χ0) is 14.8. The highest BCUT2D eigenvalue weighted by Crippen LogP contribution is 2.24. The zero-order valence-corrected chi connectivity index (χ0v) is 13.7. The zero-order valence-electron chi connectivity index (χ0n) is 11.3. The van der Waals surface area contributed by atoms with Gasteiger partial charge in [0.1, 0.15) is 5.69 Å². The topological polar surface area (TPSA) is 67.3 Å². The number of ketones is 1. The molecular formula is C13H17BrN2O3S. The Kier molecular flexibility index (Phi) is 4.93. The number of rotatable bonds is 4. The van der Waals surface area contributed by atoms with E-state index in [2.05, 4.69) is 20.9 Å². The molecule has 0 N–H and O–H groups in total. The third-order valence-electron chi connectivity index (χ3n) is 3.45. The first-order valence-corrected chi connectivity index (χ1v) is 9.11. The molecule has 0 bridgehead atoms. The van der Waals surface area contributed by atoms with Crippen molar-refractivity contribution in [2.45, 2.75) is 19.3 Å². The number of aromatic nitrogens is 1. The third-order valence-corrected chi connectivity index (χ3v) is 5.36. The first-order valence-electron chi connectivity index (χ1n) is 6.47. The fourth-order valence-electron chi connectivity index (χ4n) is 2.44. The molecule has 2 heterocycles. The lowest BCUT2D eigenvalue weighted by Crippen LogP contribution is -2.39. The minimum Gasteiger partial charge on any atom is -0.292 e.